The van der Waals surface area contributed by atoms with E-state index in [1.807, 2.05) is 0 Å². The Morgan fingerprint density at radius 2 is 2.18 bits per heavy atom. The van der Waals surface area contributed by atoms with E-state index in [1.165, 1.54) is 19.2 Å². The Morgan fingerprint density at radius 3 is 2.86 bits per heavy atom. The number of hydrogen-bond donors (Lipinski definition) is 2. The van der Waals surface area contributed by atoms with Gasteiger partial charge in [-0.3, -0.25) is 4.79 Å². The summed E-state index contributed by atoms with van der Waals surface area (Å²) in [5.74, 6) is -0.988. The van der Waals surface area contributed by atoms with Crippen LogP contribution < -0.4 is 10.1 Å². The van der Waals surface area contributed by atoms with Crippen LogP contribution in [0.5, 0.6) is 5.75 Å². The van der Waals surface area contributed by atoms with Gasteiger partial charge in [-0.15, -0.1) is 0 Å². The molecule has 0 radical (unpaired) electrons. The molecular formula is C16H23FN2O3. The maximum Gasteiger partial charge on any atom is 0.254 e. The number of carbonyl (C=O) groups excluding carboxylic acids is 1. The number of aliphatic hydroxyl groups is 1. The zero-order valence-corrected chi connectivity index (χ0v) is 12.8. The molecule has 1 aromatic carbocycles. The minimum atomic E-state index is -0.632. The first-order valence-electron chi connectivity index (χ1n) is 7.63. The van der Waals surface area contributed by atoms with Crippen LogP contribution in [-0.4, -0.2) is 55.3 Å². The summed E-state index contributed by atoms with van der Waals surface area (Å²) in [6.45, 7) is 3.14. The van der Waals surface area contributed by atoms with Crippen molar-refractivity contribution < 1.29 is 19.0 Å². The summed E-state index contributed by atoms with van der Waals surface area (Å²) in [6.07, 6.45) is 2.24. The molecule has 122 valence electrons. The third kappa shape index (κ3) is 4.42. The first kappa shape index (κ1) is 16.7. The molecular weight excluding hydrogens is 287 g/mol. The highest BCUT2D eigenvalue weighted by atomic mass is 19.1. The van der Waals surface area contributed by atoms with Crippen LogP contribution >= 0.6 is 0 Å². The van der Waals surface area contributed by atoms with Gasteiger partial charge in [-0.05, 0) is 37.9 Å². The topological polar surface area (TPSA) is 61.8 Å². The summed E-state index contributed by atoms with van der Waals surface area (Å²) in [7, 11) is 1.37. The van der Waals surface area contributed by atoms with Crippen LogP contribution in [0, 0.1) is 5.82 Å². The zero-order valence-electron chi connectivity index (χ0n) is 12.8. The van der Waals surface area contributed by atoms with Crippen LogP contribution in [0.1, 0.15) is 29.6 Å². The van der Waals surface area contributed by atoms with Gasteiger partial charge in [-0.25, -0.2) is 4.39 Å². The second-order valence-corrected chi connectivity index (χ2v) is 5.50. The lowest BCUT2D eigenvalue weighted by Crippen LogP contribution is -2.37. The molecule has 1 heterocycles. The number of nitrogens with zero attached hydrogens (tertiary/aromatic N) is 1. The fourth-order valence-electron chi connectivity index (χ4n) is 2.59. The second-order valence-electron chi connectivity index (χ2n) is 5.50. The third-order valence-corrected chi connectivity index (χ3v) is 3.92. The largest absolute Gasteiger partial charge is 0.494 e. The minimum absolute atomic E-state index is 0.000412. The summed E-state index contributed by atoms with van der Waals surface area (Å²) in [6, 6.07) is 4.52. The Morgan fingerprint density at radius 1 is 1.45 bits per heavy atom. The number of rotatable bonds is 6. The van der Waals surface area contributed by atoms with Gasteiger partial charge in [-0.1, -0.05) is 6.07 Å². The minimum Gasteiger partial charge on any atom is -0.494 e. The summed E-state index contributed by atoms with van der Waals surface area (Å²) in [5, 5.41) is 12.2. The fraction of sp³-hybridized carbons (Fsp3) is 0.562. The van der Waals surface area contributed by atoms with E-state index in [2.05, 4.69) is 10.2 Å². The van der Waals surface area contributed by atoms with Gasteiger partial charge in [0.2, 0.25) is 0 Å². The highest BCUT2D eigenvalue weighted by Gasteiger charge is 2.17. The molecule has 2 rings (SSSR count). The zero-order chi connectivity index (χ0) is 15.9. The average molecular weight is 310 g/mol. The van der Waals surface area contributed by atoms with Crippen molar-refractivity contribution >= 4 is 5.91 Å². The number of halogens is 1. The van der Waals surface area contributed by atoms with Crippen LogP contribution in [0.15, 0.2) is 18.2 Å². The SMILES string of the molecule is COc1cccc(C(=O)NCCCN2CCC(O)CC2)c1F. The number of carbonyl (C=O) groups is 1. The maximum absolute atomic E-state index is 13.9. The van der Waals surface area contributed by atoms with Gasteiger partial charge >= 0.3 is 0 Å². The molecule has 0 aliphatic carbocycles. The first-order chi connectivity index (χ1) is 10.6. The van der Waals surface area contributed by atoms with E-state index in [9.17, 15) is 14.3 Å². The number of benzene rings is 1. The second kappa shape index (κ2) is 8.10. The summed E-state index contributed by atoms with van der Waals surface area (Å²) < 4.78 is 18.8. The number of amides is 1. The predicted molar refractivity (Wildman–Crippen MR) is 81.6 cm³/mol. The maximum atomic E-state index is 13.9. The Bertz CT molecular complexity index is 502. The Kier molecular flexibility index (Phi) is 6.15. The van der Waals surface area contributed by atoms with Gasteiger partial charge in [0.25, 0.3) is 5.91 Å². The van der Waals surface area contributed by atoms with Gasteiger partial charge in [0, 0.05) is 19.6 Å². The summed E-state index contributed by atoms with van der Waals surface area (Å²) >= 11 is 0. The summed E-state index contributed by atoms with van der Waals surface area (Å²) in [4.78, 5) is 14.2. The number of hydrogen-bond acceptors (Lipinski definition) is 4. The van der Waals surface area contributed by atoms with E-state index in [0.717, 1.165) is 38.9 Å². The number of methoxy groups -OCH3 is 1. The molecule has 1 aliphatic rings. The molecule has 0 saturated carbocycles. The van der Waals surface area contributed by atoms with Crippen molar-refractivity contribution in [2.45, 2.75) is 25.4 Å². The molecule has 1 saturated heterocycles. The van der Waals surface area contributed by atoms with Crippen molar-refractivity contribution in [2.24, 2.45) is 0 Å². The number of aliphatic hydroxyl groups excluding tert-OH is 1. The van der Waals surface area contributed by atoms with Crippen LogP contribution in [0.2, 0.25) is 0 Å². The highest BCUT2D eigenvalue weighted by molar-refractivity contribution is 5.94. The molecule has 0 aromatic heterocycles. The van der Waals surface area contributed by atoms with E-state index in [1.54, 1.807) is 6.07 Å². The average Bonchev–Trinajstić information content (AvgIpc) is 2.53. The van der Waals surface area contributed by atoms with Crippen LogP contribution in [-0.2, 0) is 0 Å². The van der Waals surface area contributed by atoms with E-state index < -0.39 is 11.7 Å². The lowest BCUT2D eigenvalue weighted by Gasteiger charge is -2.29. The normalized spacial score (nSPS) is 16.5. The van der Waals surface area contributed by atoms with Gasteiger partial charge in [-0.2, -0.15) is 0 Å². The van der Waals surface area contributed by atoms with Gasteiger partial charge in [0.05, 0.1) is 18.8 Å². The van der Waals surface area contributed by atoms with Crippen LogP contribution in [0.25, 0.3) is 0 Å². The van der Waals surface area contributed by atoms with E-state index in [-0.39, 0.29) is 17.4 Å². The first-order valence-corrected chi connectivity index (χ1v) is 7.63. The Balaban J connectivity index is 1.74. The quantitative estimate of drug-likeness (QED) is 0.780. The molecule has 1 fully saturated rings. The van der Waals surface area contributed by atoms with Crippen molar-refractivity contribution in [2.75, 3.05) is 33.3 Å². The standard InChI is InChI=1S/C16H23FN2O3/c1-22-14-5-2-4-13(15(14)17)16(21)18-8-3-9-19-10-6-12(20)7-11-19/h2,4-5,12,20H,3,6-11H2,1H3,(H,18,21). The summed E-state index contributed by atoms with van der Waals surface area (Å²) in [5.41, 5.74) is 0.000412. The molecule has 0 unspecified atom stereocenters. The predicted octanol–water partition coefficient (Wildman–Crippen LogP) is 1.41. The molecule has 6 heteroatoms. The van der Waals surface area contributed by atoms with Crippen molar-refractivity contribution in [1.29, 1.82) is 0 Å². The number of ether oxygens (including phenoxy) is 1. The molecule has 0 bridgehead atoms. The molecule has 0 atom stereocenters. The third-order valence-electron chi connectivity index (χ3n) is 3.92. The number of nitrogens with one attached hydrogen (secondary N) is 1. The van der Waals surface area contributed by atoms with Crippen molar-refractivity contribution in [3.8, 4) is 5.75 Å². The molecule has 1 aromatic rings. The Hall–Kier alpha value is -1.66. The molecule has 1 aliphatic heterocycles. The van der Waals surface area contributed by atoms with E-state index >= 15 is 0 Å². The van der Waals surface area contributed by atoms with Crippen LogP contribution in [0.3, 0.4) is 0 Å². The molecule has 22 heavy (non-hydrogen) atoms. The molecule has 2 N–H and O–H groups in total. The molecule has 5 nitrogen and oxygen atoms in total. The lowest BCUT2D eigenvalue weighted by molar-refractivity contribution is 0.0816. The van der Waals surface area contributed by atoms with Gasteiger partial charge in [0.1, 0.15) is 0 Å². The van der Waals surface area contributed by atoms with Crippen molar-refractivity contribution in [3.05, 3.63) is 29.6 Å². The highest BCUT2D eigenvalue weighted by Crippen LogP contribution is 2.19. The van der Waals surface area contributed by atoms with Gasteiger partial charge < -0.3 is 20.1 Å². The van der Waals surface area contributed by atoms with E-state index in [0.29, 0.717) is 6.54 Å². The lowest BCUT2D eigenvalue weighted by atomic mass is 10.1. The Labute approximate surface area is 130 Å². The fourth-order valence-corrected chi connectivity index (χ4v) is 2.59. The van der Waals surface area contributed by atoms with Gasteiger partial charge in [0.15, 0.2) is 11.6 Å². The van der Waals surface area contributed by atoms with Crippen molar-refractivity contribution in [1.82, 2.24) is 10.2 Å². The molecule has 1 amide bonds. The number of likely N-dealkylation sites (tertiary alicyclic amines) is 1. The smallest absolute Gasteiger partial charge is 0.254 e. The molecule has 0 spiro atoms. The van der Waals surface area contributed by atoms with Crippen molar-refractivity contribution in [3.63, 3.8) is 0 Å². The van der Waals surface area contributed by atoms with Crippen LogP contribution in [0.4, 0.5) is 4.39 Å². The van der Waals surface area contributed by atoms with E-state index in [4.69, 9.17) is 4.74 Å². The number of piperidine rings is 1. The monoisotopic (exact) mass is 310 g/mol.